The fraction of sp³-hybridized carbons (Fsp3) is 0.200. The van der Waals surface area contributed by atoms with Crippen molar-refractivity contribution in [2.45, 2.75) is 20.8 Å². The van der Waals surface area contributed by atoms with Crippen molar-refractivity contribution in [1.82, 2.24) is 5.32 Å². The molecule has 134 valence electrons. The molecule has 1 aliphatic heterocycles. The number of aliphatic imine (C=N–C) groups is 1. The Morgan fingerprint density at radius 1 is 1.19 bits per heavy atom. The molecule has 1 heterocycles. The van der Waals surface area contributed by atoms with Crippen LogP contribution in [0.1, 0.15) is 23.6 Å². The third-order valence-corrected chi connectivity index (χ3v) is 4.85. The third kappa shape index (κ3) is 4.48. The Morgan fingerprint density at radius 2 is 1.92 bits per heavy atom. The first-order valence-corrected chi connectivity index (χ1v) is 9.44. The van der Waals surface area contributed by atoms with Crippen molar-refractivity contribution in [1.29, 1.82) is 0 Å². The molecule has 2 aromatic carbocycles. The lowest BCUT2D eigenvalue weighted by Gasteiger charge is -2.05. The Balaban J connectivity index is 1.82. The molecule has 0 aliphatic carbocycles. The van der Waals surface area contributed by atoms with Crippen molar-refractivity contribution in [3.05, 3.63) is 63.0 Å². The molecule has 1 amide bonds. The normalized spacial score (nSPS) is 17.0. The molecule has 26 heavy (non-hydrogen) atoms. The number of ether oxygens (including phenoxy) is 1. The summed E-state index contributed by atoms with van der Waals surface area (Å²) in [5, 5.41) is 3.90. The quantitative estimate of drug-likeness (QED) is 0.730. The number of aryl methyl sites for hydroxylation is 2. The third-order valence-electron chi connectivity index (χ3n) is 3.64. The summed E-state index contributed by atoms with van der Waals surface area (Å²) in [4.78, 5) is 17.3. The minimum atomic E-state index is -0.164. The van der Waals surface area contributed by atoms with Gasteiger partial charge in [-0.2, -0.15) is 0 Å². The Morgan fingerprint density at radius 3 is 2.58 bits per heavy atom. The minimum absolute atomic E-state index is 0.164. The zero-order valence-electron chi connectivity index (χ0n) is 14.8. The molecule has 1 aliphatic rings. The van der Waals surface area contributed by atoms with E-state index in [1.807, 2.05) is 39.0 Å². The van der Waals surface area contributed by atoms with Gasteiger partial charge in [0.2, 0.25) is 0 Å². The highest BCUT2D eigenvalue weighted by Gasteiger charge is 2.24. The summed E-state index contributed by atoms with van der Waals surface area (Å²) < 4.78 is 5.43. The fourth-order valence-corrected chi connectivity index (χ4v) is 3.73. The monoisotopic (exact) mass is 386 g/mol. The van der Waals surface area contributed by atoms with Gasteiger partial charge in [-0.25, -0.2) is 4.99 Å². The SMILES string of the molecule is CCOc1ccc(/C=C2\SC(=Nc3cc(C)cc(C)c3)NC2=O)cc1Cl. The van der Waals surface area contributed by atoms with Crippen LogP contribution in [0.3, 0.4) is 0 Å². The van der Waals surface area contributed by atoms with Gasteiger partial charge in [0, 0.05) is 0 Å². The molecule has 0 radical (unpaired) electrons. The van der Waals surface area contributed by atoms with Crippen LogP contribution >= 0.6 is 23.4 Å². The van der Waals surface area contributed by atoms with Crippen LogP contribution in [-0.2, 0) is 4.79 Å². The maximum atomic E-state index is 12.2. The predicted molar refractivity (Wildman–Crippen MR) is 109 cm³/mol. The number of amides is 1. The minimum Gasteiger partial charge on any atom is -0.492 e. The lowest BCUT2D eigenvalue weighted by atomic mass is 10.1. The van der Waals surface area contributed by atoms with Crippen LogP contribution in [0.4, 0.5) is 5.69 Å². The number of amidine groups is 1. The summed E-state index contributed by atoms with van der Waals surface area (Å²) in [6.07, 6.45) is 1.80. The number of hydrogen-bond donors (Lipinski definition) is 1. The molecule has 0 aromatic heterocycles. The Labute approximate surface area is 162 Å². The van der Waals surface area contributed by atoms with E-state index in [0.717, 1.165) is 22.4 Å². The number of nitrogens with one attached hydrogen (secondary N) is 1. The van der Waals surface area contributed by atoms with E-state index in [0.29, 0.717) is 27.5 Å². The summed E-state index contributed by atoms with van der Waals surface area (Å²) in [7, 11) is 0. The van der Waals surface area contributed by atoms with Gasteiger partial charge in [-0.1, -0.05) is 23.7 Å². The first-order valence-electron chi connectivity index (χ1n) is 8.25. The van der Waals surface area contributed by atoms with Gasteiger partial charge in [-0.15, -0.1) is 0 Å². The van der Waals surface area contributed by atoms with E-state index >= 15 is 0 Å². The smallest absolute Gasteiger partial charge is 0.264 e. The Bertz CT molecular complexity index is 902. The highest BCUT2D eigenvalue weighted by Crippen LogP contribution is 2.31. The Hall–Kier alpha value is -2.24. The molecule has 0 unspecified atom stereocenters. The average Bonchev–Trinajstić information content (AvgIpc) is 2.88. The van der Waals surface area contributed by atoms with Gasteiger partial charge < -0.3 is 10.1 Å². The lowest BCUT2D eigenvalue weighted by molar-refractivity contribution is -0.115. The van der Waals surface area contributed by atoms with Gasteiger partial charge >= 0.3 is 0 Å². The molecule has 2 aromatic rings. The Kier molecular flexibility index (Phi) is 5.69. The molecule has 0 bridgehead atoms. The molecule has 0 saturated carbocycles. The number of thioether (sulfide) groups is 1. The molecule has 4 nitrogen and oxygen atoms in total. The van der Waals surface area contributed by atoms with Gasteiger partial charge in [0.25, 0.3) is 5.91 Å². The highest BCUT2D eigenvalue weighted by atomic mass is 35.5. The van der Waals surface area contributed by atoms with E-state index in [4.69, 9.17) is 16.3 Å². The number of hydrogen-bond acceptors (Lipinski definition) is 4. The van der Waals surface area contributed by atoms with Crippen molar-refractivity contribution < 1.29 is 9.53 Å². The molecule has 0 atom stereocenters. The van der Waals surface area contributed by atoms with Crippen LogP contribution in [0.2, 0.25) is 5.02 Å². The van der Waals surface area contributed by atoms with Gasteiger partial charge in [0.05, 0.1) is 22.2 Å². The molecule has 0 spiro atoms. The summed E-state index contributed by atoms with van der Waals surface area (Å²) in [5.41, 5.74) is 3.94. The van der Waals surface area contributed by atoms with Crippen molar-refractivity contribution in [3.63, 3.8) is 0 Å². The van der Waals surface area contributed by atoms with Crippen LogP contribution in [0.25, 0.3) is 6.08 Å². The molecule has 1 N–H and O–H groups in total. The van der Waals surface area contributed by atoms with E-state index in [1.165, 1.54) is 11.8 Å². The van der Waals surface area contributed by atoms with E-state index < -0.39 is 0 Å². The number of carbonyl (C=O) groups is 1. The first-order chi connectivity index (χ1) is 12.4. The summed E-state index contributed by atoms with van der Waals surface area (Å²) in [6.45, 7) is 6.51. The molecular weight excluding hydrogens is 368 g/mol. The first kappa shape index (κ1) is 18.5. The van der Waals surface area contributed by atoms with Crippen molar-refractivity contribution in [2.24, 2.45) is 4.99 Å². The second-order valence-electron chi connectivity index (χ2n) is 5.95. The standard InChI is InChI=1S/C20H19ClN2O2S/c1-4-25-17-6-5-14(10-16(17)21)11-18-19(24)23-20(26-18)22-15-8-12(2)7-13(3)9-15/h5-11H,4H2,1-3H3,(H,22,23,24)/b18-11-. The predicted octanol–water partition coefficient (Wildman–Crippen LogP) is 5.25. The van der Waals surface area contributed by atoms with Crippen LogP contribution in [0.15, 0.2) is 46.3 Å². The van der Waals surface area contributed by atoms with Crippen LogP contribution in [0, 0.1) is 13.8 Å². The summed E-state index contributed by atoms with van der Waals surface area (Å²) in [6, 6.07) is 11.5. The van der Waals surface area contributed by atoms with Gasteiger partial charge in [0.1, 0.15) is 5.75 Å². The van der Waals surface area contributed by atoms with Crippen molar-refractivity contribution >= 4 is 46.2 Å². The molecular formula is C20H19ClN2O2S. The largest absolute Gasteiger partial charge is 0.492 e. The van der Waals surface area contributed by atoms with Crippen LogP contribution in [-0.4, -0.2) is 17.7 Å². The fourth-order valence-electron chi connectivity index (χ4n) is 2.64. The molecule has 1 fully saturated rings. The highest BCUT2D eigenvalue weighted by molar-refractivity contribution is 8.18. The number of rotatable bonds is 4. The van der Waals surface area contributed by atoms with Gasteiger partial charge in [0.15, 0.2) is 5.17 Å². The topological polar surface area (TPSA) is 50.7 Å². The second kappa shape index (κ2) is 7.98. The molecule has 3 rings (SSSR count). The number of nitrogens with zero attached hydrogens (tertiary/aromatic N) is 1. The van der Waals surface area contributed by atoms with E-state index in [1.54, 1.807) is 18.2 Å². The lowest BCUT2D eigenvalue weighted by Crippen LogP contribution is -2.19. The van der Waals surface area contributed by atoms with E-state index in [-0.39, 0.29) is 5.91 Å². The van der Waals surface area contributed by atoms with E-state index in [2.05, 4.69) is 16.4 Å². The van der Waals surface area contributed by atoms with Gasteiger partial charge in [-0.05, 0) is 79.6 Å². The maximum Gasteiger partial charge on any atom is 0.264 e. The maximum absolute atomic E-state index is 12.2. The van der Waals surface area contributed by atoms with Crippen molar-refractivity contribution in [3.8, 4) is 5.75 Å². The van der Waals surface area contributed by atoms with Crippen LogP contribution < -0.4 is 10.1 Å². The van der Waals surface area contributed by atoms with Gasteiger partial charge in [-0.3, -0.25) is 4.79 Å². The van der Waals surface area contributed by atoms with Crippen molar-refractivity contribution in [2.75, 3.05) is 6.61 Å². The molecule has 6 heteroatoms. The summed E-state index contributed by atoms with van der Waals surface area (Å²) in [5.74, 6) is 0.472. The number of benzene rings is 2. The second-order valence-corrected chi connectivity index (χ2v) is 7.39. The summed E-state index contributed by atoms with van der Waals surface area (Å²) >= 11 is 7.53. The zero-order chi connectivity index (χ0) is 18.7. The molecule has 1 saturated heterocycles. The zero-order valence-corrected chi connectivity index (χ0v) is 16.4. The number of halogens is 1. The number of carbonyl (C=O) groups excluding carboxylic acids is 1. The average molecular weight is 387 g/mol. The van der Waals surface area contributed by atoms with Crippen LogP contribution in [0.5, 0.6) is 5.75 Å². The van der Waals surface area contributed by atoms with E-state index in [9.17, 15) is 4.79 Å².